The van der Waals surface area contributed by atoms with Crippen molar-refractivity contribution >= 4 is 21.4 Å². The summed E-state index contributed by atoms with van der Waals surface area (Å²) in [7, 11) is -1.98. The van der Waals surface area contributed by atoms with Gasteiger partial charge in [-0.15, -0.1) is 11.3 Å². The lowest BCUT2D eigenvalue weighted by atomic mass is 10.2. The quantitative estimate of drug-likeness (QED) is 0.922. The number of benzene rings is 1. The number of aliphatic hydroxyl groups is 1. The zero-order chi connectivity index (χ0) is 14.8. The van der Waals surface area contributed by atoms with Gasteiger partial charge in [0.05, 0.1) is 11.5 Å². The second-order valence-electron chi connectivity index (χ2n) is 4.60. The molecule has 2 aromatic rings. The molecule has 20 heavy (non-hydrogen) atoms. The smallest absolute Gasteiger partial charge is 0.243 e. The molecule has 6 heteroatoms. The molecule has 1 heterocycles. The highest BCUT2D eigenvalue weighted by atomic mass is 32.2. The lowest BCUT2D eigenvalue weighted by Crippen LogP contribution is -2.26. The number of aryl methyl sites for hydroxylation is 1. The number of hydrogen-bond acceptors (Lipinski definition) is 4. The molecular weight excluding hydrogens is 294 g/mol. The fourth-order valence-corrected chi connectivity index (χ4v) is 4.15. The highest BCUT2D eigenvalue weighted by Gasteiger charge is 2.23. The molecular formula is C14H17NO3S2. The second-order valence-corrected chi connectivity index (χ2v) is 7.64. The van der Waals surface area contributed by atoms with E-state index >= 15 is 0 Å². The van der Waals surface area contributed by atoms with Crippen LogP contribution in [-0.4, -0.2) is 24.9 Å². The summed E-state index contributed by atoms with van der Waals surface area (Å²) in [5.74, 6) is 0. The third-order valence-electron chi connectivity index (χ3n) is 3.08. The van der Waals surface area contributed by atoms with E-state index in [1.807, 2.05) is 17.5 Å². The SMILES string of the molecule is Cc1ccc(CO)cc1S(=O)(=O)N(C)Cc1cccs1. The summed E-state index contributed by atoms with van der Waals surface area (Å²) in [5.41, 5.74) is 1.28. The normalized spacial score (nSPS) is 12.0. The lowest BCUT2D eigenvalue weighted by molar-refractivity contribution is 0.281. The first-order valence-corrected chi connectivity index (χ1v) is 8.46. The number of thiophene rings is 1. The second kappa shape index (κ2) is 6.05. The molecule has 0 spiro atoms. The summed E-state index contributed by atoms with van der Waals surface area (Å²) in [4.78, 5) is 1.25. The maximum atomic E-state index is 12.6. The van der Waals surface area contributed by atoms with Crippen molar-refractivity contribution in [3.63, 3.8) is 0 Å². The number of sulfonamides is 1. The molecule has 4 nitrogen and oxygen atoms in total. The van der Waals surface area contributed by atoms with Gasteiger partial charge in [-0.25, -0.2) is 8.42 Å². The molecule has 0 radical (unpaired) electrons. The Morgan fingerprint density at radius 3 is 2.65 bits per heavy atom. The molecule has 108 valence electrons. The molecule has 0 unspecified atom stereocenters. The Kier molecular flexibility index (Phi) is 4.59. The first-order chi connectivity index (χ1) is 9.45. The van der Waals surface area contributed by atoms with Crippen LogP contribution in [0.1, 0.15) is 16.0 Å². The van der Waals surface area contributed by atoms with E-state index < -0.39 is 10.0 Å². The number of rotatable bonds is 5. The highest BCUT2D eigenvalue weighted by Crippen LogP contribution is 2.23. The molecule has 0 atom stereocenters. The first-order valence-electron chi connectivity index (χ1n) is 6.14. The Morgan fingerprint density at radius 1 is 1.30 bits per heavy atom. The standard InChI is InChI=1S/C14H17NO3S2/c1-11-5-6-12(10-16)8-14(11)20(17,18)15(2)9-13-4-3-7-19-13/h3-8,16H,9-10H2,1-2H3. The maximum Gasteiger partial charge on any atom is 0.243 e. The van der Waals surface area contributed by atoms with Crippen molar-refractivity contribution in [2.24, 2.45) is 0 Å². The number of aliphatic hydroxyl groups excluding tert-OH is 1. The van der Waals surface area contributed by atoms with Gasteiger partial charge in [-0.2, -0.15) is 4.31 Å². The molecule has 0 fully saturated rings. The van der Waals surface area contributed by atoms with Crippen LogP contribution in [0.25, 0.3) is 0 Å². The third-order valence-corrected chi connectivity index (χ3v) is 5.89. The predicted molar refractivity (Wildman–Crippen MR) is 80.1 cm³/mol. The summed E-state index contributed by atoms with van der Waals surface area (Å²) in [5, 5.41) is 11.1. The highest BCUT2D eigenvalue weighted by molar-refractivity contribution is 7.89. The molecule has 1 aromatic heterocycles. The molecule has 0 aliphatic carbocycles. The van der Waals surface area contributed by atoms with Crippen molar-refractivity contribution in [1.29, 1.82) is 0 Å². The van der Waals surface area contributed by atoms with Gasteiger partial charge in [0.15, 0.2) is 0 Å². The van der Waals surface area contributed by atoms with E-state index in [4.69, 9.17) is 5.11 Å². The van der Waals surface area contributed by atoms with Crippen molar-refractivity contribution in [1.82, 2.24) is 4.31 Å². The Morgan fingerprint density at radius 2 is 2.05 bits per heavy atom. The van der Waals surface area contributed by atoms with Gasteiger partial charge in [0.1, 0.15) is 0 Å². The van der Waals surface area contributed by atoms with E-state index in [1.165, 1.54) is 21.7 Å². The van der Waals surface area contributed by atoms with E-state index in [-0.39, 0.29) is 11.5 Å². The lowest BCUT2D eigenvalue weighted by Gasteiger charge is -2.18. The van der Waals surface area contributed by atoms with Crippen LogP contribution in [0.2, 0.25) is 0 Å². The van der Waals surface area contributed by atoms with Crippen LogP contribution in [0, 0.1) is 6.92 Å². The first kappa shape index (κ1) is 15.2. The van der Waals surface area contributed by atoms with Gasteiger partial charge < -0.3 is 5.11 Å². The van der Waals surface area contributed by atoms with Crippen molar-refractivity contribution < 1.29 is 13.5 Å². The minimum atomic E-state index is -3.55. The van der Waals surface area contributed by atoms with Crippen molar-refractivity contribution in [2.45, 2.75) is 25.0 Å². The number of hydrogen-bond donors (Lipinski definition) is 1. The summed E-state index contributed by atoms with van der Waals surface area (Å²) in [6.07, 6.45) is 0. The Balaban J connectivity index is 2.34. The zero-order valence-corrected chi connectivity index (χ0v) is 13.0. The van der Waals surface area contributed by atoms with Crippen LogP contribution in [-0.2, 0) is 23.2 Å². The fourth-order valence-electron chi connectivity index (χ4n) is 1.90. The molecule has 0 aliphatic heterocycles. The minimum absolute atomic E-state index is 0.169. The van der Waals surface area contributed by atoms with E-state index in [1.54, 1.807) is 26.1 Å². The maximum absolute atomic E-state index is 12.6. The van der Waals surface area contributed by atoms with E-state index in [2.05, 4.69) is 0 Å². The van der Waals surface area contributed by atoms with Gasteiger partial charge in [-0.3, -0.25) is 0 Å². The van der Waals surface area contributed by atoms with Crippen LogP contribution in [0.4, 0.5) is 0 Å². The molecule has 0 amide bonds. The van der Waals surface area contributed by atoms with E-state index in [9.17, 15) is 8.42 Å². The van der Waals surface area contributed by atoms with Gasteiger partial charge in [0, 0.05) is 18.5 Å². The molecule has 1 N–H and O–H groups in total. The van der Waals surface area contributed by atoms with Crippen LogP contribution in [0.3, 0.4) is 0 Å². The molecule has 0 bridgehead atoms. The summed E-state index contributed by atoms with van der Waals surface area (Å²) in [6.45, 7) is 1.94. The van der Waals surface area contributed by atoms with Crippen LogP contribution < -0.4 is 0 Å². The average molecular weight is 311 g/mol. The summed E-state index contributed by atoms with van der Waals surface area (Å²) >= 11 is 1.53. The van der Waals surface area contributed by atoms with Crippen LogP contribution >= 0.6 is 11.3 Å². The monoisotopic (exact) mass is 311 g/mol. The van der Waals surface area contributed by atoms with E-state index in [0.717, 1.165) is 4.88 Å². The molecule has 0 saturated carbocycles. The van der Waals surface area contributed by atoms with Gasteiger partial charge in [-0.05, 0) is 35.6 Å². The summed E-state index contributed by atoms with van der Waals surface area (Å²) in [6, 6.07) is 8.80. The predicted octanol–water partition coefficient (Wildman–Crippen LogP) is 2.37. The van der Waals surface area contributed by atoms with Crippen molar-refractivity contribution in [3.8, 4) is 0 Å². The largest absolute Gasteiger partial charge is 0.392 e. The third kappa shape index (κ3) is 3.09. The molecule has 0 aliphatic rings. The Hall–Kier alpha value is -1.21. The summed E-state index contributed by atoms with van der Waals surface area (Å²) < 4.78 is 26.5. The Bertz CT molecular complexity index is 678. The van der Waals surface area contributed by atoms with Gasteiger partial charge >= 0.3 is 0 Å². The van der Waals surface area contributed by atoms with Crippen LogP contribution in [0.15, 0.2) is 40.6 Å². The Labute approximate surface area is 123 Å². The van der Waals surface area contributed by atoms with Gasteiger partial charge in [-0.1, -0.05) is 18.2 Å². The molecule has 0 saturated heterocycles. The minimum Gasteiger partial charge on any atom is -0.392 e. The van der Waals surface area contributed by atoms with Crippen molar-refractivity contribution in [2.75, 3.05) is 7.05 Å². The zero-order valence-electron chi connectivity index (χ0n) is 11.4. The molecule has 2 rings (SSSR count). The number of nitrogens with zero attached hydrogens (tertiary/aromatic N) is 1. The topological polar surface area (TPSA) is 57.6 Å². The van der Waals surface area contributed by atoms with Gasteiger partial charge in [0.2, 0.25) is 10.0 Å². The molecule has 1 aromatic carbocycles. The van der Waals surface area contributed by atoms with Crippen LogP contribution in [0.5, 0.6) is 0 Å². The van der Waals surface area contributed by atoms with E-state index in [0.29, 0.717) is 17.7 Å². The van der Waals surface area contributed by atoms with Gasteiger partial charge in [0.25, 0.3) is 0 Å². The fraction of sp³-hybridized carbons (Fsp3) is 0.286. The van der Waals surface area contributed by atoms with Crippen molar-refractivity contribution in [3.05, 3.63) is 51.7 Å². The average Bonchev–Trinajstić information content (AvgIpc) is 2.92.